The van der Waals surface area contributed by atoms with E-state index in [-0.39, 0.29) is 22.8 Å². The number of carbonyl (C=O) groups is 2. The van der Waals surface area contributed by atoms with Crippen molar-refractivity contribution in [2.45, 2.75) is 69.5 Å². The third-order valence-corrected chi connectivity index (χ3v) is 13.0. The molecule has 3 aromatic rings. The van der Waals surface area contributed by atoms with E-state index in [9.17, 15) is 13.8 Å². The molecule has 2 amide bonds. The van der Waals surface area contributed by atoms with Gasteiger partial charge in [0.2, 0.25) is 0 Å². The molecule has 1 saturated carbocycles. The molecule has 1 spiro atoms. The van der Waals surface area contributed by atoms with E-state index in [4.69, 9.17) is 25.8 Å². The molecular weight excluding hydrogens is 710 g/mol. The first-order valence-electron chi connectivity index (χ1n) is 18.5. The van der Waals surface area contributed by atoms with Crippen molar-refractivity contribution >= 4 is 39.2 Å². The van der Waals surface area contributed by atoms with Gasteiger partial charge in [0.15, 0.2) is 0 Å². The second kappa shape index (κ2) is 16.9. The highest BCUT2D eigenvalue weighted by Gasteiger charge is 2.44. The number of amides is 2. The van der Waals surface area contributed by atoms with Crippen molar-refractivity contribution in [1.29, 1.82) is 0 Å². The molecular formula is C42H50ClN3O6S. The van der Waals surface area contributed by atoms with Crippen LogP contribution >= 0.6 is 11.6 Å². The van der Waals surface area contributed by atoms with Crippen molar-refractivity contribution < 1.29 is 28.0 Å². The van der Waals surface area contributed by atoms with Crippen molar-refractivity contribution in [2.24, 2.45) is 16.2 Å². The van der Waals surface area contributed by atoms with E-state index < -0.39 is 28.0 Å². The quantitative estimate of drug-likeness (QED) is 0.137. The van der Waals surface area contributed by atoms with Gasteiger partial charge in [-0.2, -0.15) is 0 Å². The summed E-state index contributed by atoms with van der Waals surface area (Å²) in [5, 5.41) is 0.726. The number of rotatable bonds is 13. The summed E-state index contributed by atoms with van der Waals surface area (Å²) in [5.41, 5.74) is 4.02. The van der Waals surface area contributed by atoms with Gasteiger partial charge < -0.3 is 19.1 Å². The molecule has 1 fully saturated rings. The minimum absolute atomic E-state index is 0.0428. The summed E-state index contributed by atoms with van der Waals surface area (Å²) in [6.07, 6.45) is 8.00. The molecule has 6 rings (SSSR count). The van der Waals surface area contributed by atoms with Crippen molar-refractivity contribution in [3.63, 3.8) is 0 Å². The topological polar surface area (TPSA) is 107 Å². The van der Waals surface area contributed by atoms with Gasteiger partial charge in [0.05, 0.1) is 24.2 Å². The SMILES string of the molecule is C=CCCCS(=O)(=NC(=O)c1ccc2c(c1)N(C[C@@H]1CC[C@H]1C(C=C)OC)C[C@@]1(CCCc3cc(Cl)ccc31)CO2)NC(=O)O[C@@H](C)c1ccccc1. The summed E-state index contributed by atoms with van der Waals surface area (Å²) in [4.78, 5) is 29.3. The summed E-state index contributed by atoms with van der Waals surface area (Å²) < 4.78 is 38.8. The van der Waals surface area contributed by atoms with Crippen LogP contribution in [0.1, 0.15) is 78.6 Å². The Hall–Kier alpha value is -4.12. The molecule has 0 saturated heterocycles. The molecule has 1 aliphatic heterocycles. The smallest absolute Gasteiger partial charge is 0.420 e. The first-order valence-corrected chi connectivity index (χ1v) is 20.5. The standard InChI is InChI=1S/C42H50ClN3O6S/c1-5-7-11-23-53(49,45-41(48)52-29(3)30-13-9-8-10-14-30)44-40(47)32-17-21-39-37(25-32)46(26-33-16-19-35(33)38(6-2)50-4)27-42(28-51-39)22-12-15-31-24-34(43)18-20-36(31)42/h5-6,8-10,13-14,17-18,20-21,24-25,29,33,35,38H,1-2,7,11-12,15-16,19,22-23,26-28H2,3-4H3,(H,44,45,47,48,49)/t29-,33-,35+,38?,42-,53?/m0/s1. The molecule has 6 atom stereocenters. The van der Waals surface area contributed by atoms with E-state index >= 15 is 0 Å². The molecule has 53 heavy (non-hydrogen) atoms. The number of benzene rings is 3. The molecule has 0 bridgehead atoms. The number of allylic oxidation sites excluding steroid dienone is 1. The molecule has 2 unspecified atom stereocenters. The van der Waals surface area contributed by atoms with Crippen LogP contribution in [-0.2, 0) is 31.2 Å². The van der Waals surface area contributed by atoms with E-state index in [0.717, 1.165) is 54.9 Å². The van der Waals surface area contributed by atoms with E-state index in [1.807, 2.05) is 42.5 Å². The Labute approximate surface area is 319 Å². The molecule has 3 aromatic carbocycles. The Bertz CT molecular complexity index is 1950. The number of nitrogens with zero attached hydrogens (tertiary/aromatic N) is 2. The first-order chi connectivity index (χ1) is 25.6. The second-order valence-electron chi connectivity index (χ2n) is 14.5. The van der Waals surface area contributed by atoms with E-state index in [0.29, 0.717) is 43.6 Å². The van der Waals surface area contributed by atoms with Crippen LogP contribution in [0.5, 0.6) is 5.75 Å². The Morgan fingerprint density at radius 1 is 1.15 bits per heavy atom. The number of fused-ring (bicyclic) bond motifs is 3. The van der Waals surface area contributed by atoms with Crippen LogP contribution in [-0.4, -0.2) is 54.9 Å². The fourth-order valence-electron chi connectivity index (χ4n) is 8.07. The van der Waals surface area contributed by atoms with Crippen molar-refractivity contribution in [3.05, 3.63) is 119 Å². The number of hydrogen-bond donors (Lipinski definition) is 1. The highest BCUT2D eigenvalue weighted by molar-refractivity contribution is 7.92. The summed E-state index contributed by atoms with van der Waals surface area (Å²) in [5.74, 6) is 0.603. The summed E-state index contributed by atoms with van der Waals surface area (Å²) in [6, 6.07) is 20.7. The predicted octanol–water partition coefficient (Wildman–Crippen LogP) is 9.02. The Morgan fingerprint density at radius 2 is 1.96 bits per heavy atom. The minimum Gasteiger partial charge on any atom is -0.490 e. The summed E-state index contributed by atoms with van der Waals surface area (Å²) in [6.45, 7) is 11.4. The van der Waals surface area contributed by atoms with Gasteiger partial charge in [-0.1, -0.05) is 60.2 Å². The number of halogens is 1. The number of hydrogen-bond acceptors (Lipinski definition) is 7. The lowest BCUT2D eigenvalue weighted by molar-refractivity contribution is 0.0135. The molecule has 11 heteroatoms. The minimum atomic E-state index is -3.55. The van der Waals surface area contributed by atoms with Gasteiger partial charge in [-0.3, -0.25) is 4.79 Å². The highest BCUT2D eigenvalue weighted by Crippen LogP contribution is 2.47. The largest absolute Gasteiger partial charge is 0.490 e. The molecule has 1 heterocycles. The van der Waals surface area contributed by atoms with Gasteiger partial charge in [0.25, 0.3) is 5.91 Å². The van der Waals surface area contributed by atoms with Gasteiger partial charge >= 0.3 is 6.09 Å². The van der Waals surface area contributed by atoms with Crippen molar-refractivity contribution in [3.8, 4) is 5.75 Å². The van der Waals surface area contributed by atoms with E-state index in [1.54, 1.807) is 38.3 Å². The Balaban J connectivity index is 1.32. The maximum atomic E-state index is 14.2. The highest BCUT2D eigenvalue weighted by atomic mass is 35.5. The number of unbranched alkanes of at least 4 members (excludes halogenated alkanes) is 1. The molecule has 9 nitrogen and oxygen atoms in total. The van der Waals surface area contributed by atoms with Gasteiger partial charge in [0.1, 0.15) is 21.8 Å². The average Bonchev–Trinajstić information content (AvgIpc) is 3.29. The summed E-state index contributed by atoms with van der Waals surface area (Å²) >= 11 is 6.45. The van der Waals surface area contributed by atoms with Crippen LogP contribution in [0, 0.1) is 11.8 Å². The Kier molecular flexibility index (Phi) is 12.3. The zero-order valence-corrected chi connectivity index (χ0v) is 32.2. The van der Waals surface area contributed by atoms with Crippen LogP contribution in [0.2, 0.25) is 5.02 Å². The third-order valence-electron chi connectivity index (χ3n) is 11.0. The fourth-order valence-corrected chi connectivity index (χ4v) is 9.74. The molecule has 2 aliphatic carbocycles. The van der Waals surface area contributed by atoms with Crippen LogP contribution in [0.4, 0.5) is 10.5 Å². The Morgan fingerprint density at radius 3 is 2.68 bits per heavy atom. The monoisotopic (exact) mass is 759 g/mol. The van der Waals surface area contributed by atoms with Crippen LogP contribution in [0.25, 0.3) is 0 Å². The normalized spacial score (nSPS) is 22.7. The number of ether oxygens (including phenoxy) is 3. The average molecular weight is 760 g/mol. The summed E-state index contributed by atoms with van der Waals surface area (Å²) in [7, 11) is -1.82. The number of methoxy groups -OCH3 is 1. The number of nitrogens with one attached hydrogen (secondary N) is 1. The van der Waals surface area contributed by atoms with Gasteiger partial charge in [-0.25, -0.2) is 13.7 Å². The maximum absolute atomic E-state index is 14.2. The van der Waals surface area contributed by atoms with Crippen LogP contribution < -0.4 is 14.4 Å². The lowest BCUT2D eigenvalue weighted by Gasteiger charge is -2.46. The van der Waals surface area contributed by atoms with E-state index in [2.05, 4.69) is 39.3 Å². The van der Waals surface area contributed by atoms with Gasteiger partial charge in [-0.15, -0.1) is 17.5 Å². The first kappa shape index (κ1) is 38.6. The number of anilines is 1. The lowest BCUT2D eigenvalue weighted by Crippen LogP contribution is -2.49. The maximum Gasteiger partial charge on any atom is 0.420 e. The fraction of sp³-hybridized carbons (Fsp3) is 0.429. The van der Waals surface area contributed by atoms with Crippen molar-refractivity contribution in [1.82, 2.24) is 4.72 Å². The van der Waals surface area contributed by atoms with Crippen molar-refractivity contribution in [2.75, 3.05) is 37.5 Å². The van der Waals surface area contributed by atoms with E-state index in [1.165, 1.54) is 11.1 Å². The van der Waals surface area contributed by atoms with Gasteiger partial charge in [-0.05, 0) is 111 Å². The van der Waals surface area contributed by atoms with Crippen LogP contribution in [0.3, 0.4) is 0 Å². The molecule has 0 radical (unpaired) electrons. The molecule has 0 aromatic heterocycles. The molecule has 3 aliphatic rings. The van der Waals surface area contributed by atoms with Crippen LogP contribution in [0.15, 0.2) is 96.4 Å². The lowest BCUT2D eigenvalue weighted by atomic mass is 9.68. The zero-order valence-electron chi connectivity index (χ0n) is 30.6. The molecule has 1 N–H and O–H groups in total. The number of carbonyl (C=O) groups excluding carboxylic acids is 2. The van der Waals surface area contributed by atoms with Gasteiger partial charge in [0, 0.05) is 36.2 Å². The molecule has 282 valence electrons. The predicted molar refractivity (Wildman–Crippen MR) is 211 cm³/mol. The second-order valence-corrected chi connectivity index (χ2v) is 17.0. The third kappa shape index (κ3) is 8.82. The number of aryl methyl sites for hydroxylation is 1. The zero-order chi connectivity index (χ0) is 37.6.